The molecule has 0 aromatic carbocycles. The number of aryl methyl sites for hydroxylation is 1. The van der Waals surface area contributed by atoms with Crippen molar-refractivity contribution in [3.63, 3.8) is 0 Å². The van der Waals surface area contributed by atoms with Crippen LogP contribution in [0.5, 0.6) is 0 Å². The van der Waals surface area contributed by atoms with Gasteiger partial charge in [-0.2, -0.15) is 0 Å². The lowest BCUT2D eigenvalue weighted by molar-refractivity contribution is -0.666. The van der Waals surface area contributed by atoms with Crippen molar-refractivity contribution in [1.82, 2.24) is 9.78 Å². The number of rotatable bonds is 1. The molecule has 0 spiro atoms. The molecule has 12 heavy (non-hydrogen) atoms. The molecule has 0 unspecified atom stereocenters. The van der Waals surface area contributed by atoms with E-state index < -0.39 is 0 Å². The zero-order chi connectivity index (χ0) is 8.39. The molecule has 0 N–H and O–H groups in total. The second kappa shape index (κ2) is 2.77. The van der Waals surface area contributed by atoms with Crippen molar-refractivity contribution in [1.29, 1.82) is 0 Å². The van der Waals surface area contributed by atoms with E-state index in [9.17, 15) is 0 Å². The zero-order valence-electron chi connectivity index (χ0n) is 6.88. The van der Waals surface area contributed by atoms with Crippen LogP contribution in [0, 0.1) is 0 Å². The van der Waals surface area contributed by atoms with Crippen molar-refractivity contribution >= 4 is 0 Å². The van der Waals surface area contributed by atoms with Crippen molar-refractivity contribution in [2.24, 2.45) is 7.05 Å². The van der Waals surface area contributed by atoms with Crippen LogP contribution >= 0.6 is 0 Å². The van der Waals surface area contributed by atoms with Gasteiger partial charge in [0.05, 0.1) is 19.4 Å². The molecule has 2 rings (SSSR count). The molecule has 0 aliphatic carbocycles. The molecule has 2 aromatic heterocycles. The third-order valence-electron chi connectivity index (χ3n) is 1.77. The topological polar surface area (TPSA) is 21.7 Å². The van der Waals surface area contributed by atoms with Crippen LogP contribution in [0.1, 0.15) is 0 Å². The van der Waals surface area contributed by atoms with Crippen LogP contribution in [-0.4, -0.2) is 9.78 Å². The van der Waals surface area contributed by atoms with E-state index in [1.807, 2.05) is 53.0 Å². The molecule has 0 aliphatic rings. The van der Waals surface area contributed by atoms with Crippen LogP contribution < -0.4 is 4.57 Å². The van der Waals surface area contributed by atoms with Crippen LogP contribution in [0.25, 0.3) is 5.82 Å². The molecule has 0 aliphatic heterocycles. The fourth-order valence-electron chi connectivity index (χ4n) is 1.16. The van der Waals surface area contributed by atoms with E-state index in [4.69, 9.17) is 0 Å². The van der Waals surface area contributed by atoms with Crippen LogP contribution in [0.2, 0.25) is 0 Å². The van der Waals surface area contributed by atoms with Crippen molar-refractivity contribution < 1.29 is 4.57 Å². The Bertz CT molecular complexity index is 365. The number of pyridine rings is 1. The second-order valence-electron chi connectivity index (χ2n) is 2.62. The Labute approximate surface area is 70.9 Å². The van der Waals surface area contributed by atoms with Crippen LogP contribution in [0.15, 0.2) is 42.9 Å². The molecule has 0 fully saturated rings. The maximum Gasteiger partial charge on any atom is 0.306 e. The molecule has 3 heteroatoms. The number of hydrogen-bond donors (Lipinski definition) is 0. The average Bonchev–Trinajstić information content (AvgIpc) is 2.57. The Morgan fingerprint density at radius 3 is 2.92 bits per heavy atom. The highest BCUT2D eigenvalue weighted by molar-refractivity contribution is 5.13. The minimum Gasteiger partial charge on any atom is -0.235 e. The van der Waals surface area contributed by atoms with Gasteiger partial charge in [-0.1, -0.05) is 11.2 Å². The summed E-state index contributed by atoms with van der Waals surface area (Å²) in [4.78, 5) is 0. The van der Waals surface area contributed by atoms with Crippen LogP contribution in [0.3, 0.4) is 0 Å². The first kappa shape index (κ1) is 7.03. The number of nitrogens with zero attached hydrogens (tertiary/aromatic N) is 3. The fourth-order valence-corrected chi connectivity index (χ4v) is 1.16. The smallest absolute Gasteiger partial charge is 0.235 e. The minimum atomic E-state index is 1.06. The molecule has 0 saturated carbocycles. The van der Waals surface area contributed by atoms with Gasteiger partial charge in [0.1, 0.15) is 6.20 Å². The van der Waals surface area contributed by atoms with Gasteiger partial charge in [0, 0.05) is 12.1 Å². The Morgan fingerprint density at radius 2 is 2.25 bits per heavy atom. The molecule has 60 valence electrons. The highest BCUT2D eigenvalue weighted by Crippen LogP contribution is 1.96. The predicted molar refractivity (Wildman–Crippen MR) is 44.7 cm³/mol. The summed E-state index contributed by atoms with van der Waals surface area (Å²) in [5.74, 6) is 1.06. The summed E-state index contributed by atoms with van der Waals surface area (Å²) < 4.78 is 3.85. The van der Waals surface area contributed by atoms with Gasteiger partial charge in [0.25, 0.3) is 0 Å². The van der Waals surface area contributed by atoms with Crippen LogP contribution in [0.4, 0.5) is 0 Å². The first-order valence-corrected chi connectivity index (χ1v) is 3.82. The maximum atomic E-state index is 4.14. The molecule has 2 heterocycles. The minimum absolute atomic E-state index is 1.06. The van der Waals surface area contributed by atoms with Gasteiger partial charge in [0.15, 0.2) is 0 Å². The molecular formula is C9H10N3+. The van der Waals surface area contributed by atoms with Gasteiger partial charge in [-0.3, -0.25) is 0 Å². The van der Waals surface area contributed by atoms with E-state index in [0.29, 0.717) is 0 Å². The molecular weight excluding hydrogens is 150 g/mol. The molecule has 0 bridgehead atoms. The summed E-state index contributed by atoms with van der Waals surface area (Å²) in [5.41, 5.74) is 0. The summed E-state index contributed by atoms with van der Waals surface area (Å²) in [6, 6.07) is 7.92. The Morgan fingerprint density at radius 1 is 1.33 bits per heavy atom. The Balaban J connectivity index is 2.55. The molecule has 0 saturated heterocycles. The van der Waals surface area contributed by atoms with E-state index in [2.05, 4.69) is 5.10 Å². The summed E-state index contributed by atoms with van der Waals surface area (Å²) in [6.45, 7) is 0. The highest BCUT2D eigenvalue weighted by atomic mass is 15.3. The van der Waals surface area contributed by atoms with E-state index in [1.54, 1.807) is 6.20 Å². The standard InChI is InChI=1S/C9H10N3/c1-11-7-3-2-5-9(11)12-8-4-6-10-12/h2-8H,1H3/q+1. The monoisotopic (exact) mass is 160 g/mol. The maximum absolute atomic E-state index is 4.14. The van der Waals surface area contributed by atoms with E-state index in [-0.39, 0.29) is 0 Å². The number of aromatic nitrogens is 3. The third kappa shape index (κ3) is 1.09. The largest absolute Gasteiger partial charge is 0.306 e. The first-order chi connectivity index (χ1) is 5.88. The SMILES string of the molecule is C[n+]1ccccc1-n1cccn1. The summed E-state index contributed by atoms with van der Waals surface area (Å²) in [6.07, 6.45) is 5.69. The van der Waals surface area contributed by atoms with Gasteiger partial charge < -0.3 is 0 Å². The fraction of sp³-hybridized carbons (Fsp3) is 0.111. The lowest BCUT2D eigenvalue weighted by Crippen LogP contribution is -2.33. The molecule has 2 aromatic rings. The zero-order valence-corrected chi connectivity index (χ0v) is 6.88. The van der Waals surface area contributed by atoms with E-state index in [0.717, 1.165) is 5.82 Å². The van der Waals surface area contributed by atoms with Crippen LogP contribution in [-0.2, 0) is 7.05 Å². The summed E-state index contributed by atoms with van der Waals surface area (Å²) in [5, 5.41) is 4.14. The molecule has 0 radical (unpaired) electrons. The van der Waals surface area contributed by atoms with Crippen molar-refractivity contribution in [2.45, 2.75) is 0 Å². The lowest BCUT2D eigenvalue weighted by atomic mass is 10.4. The number of hydrogen-bond acceptors (Lipinski definition) is 1. The van der Waals surface area contributed by atoms with Gasteiger partial charge in [-0.25, -0.2) is 4.57 Å². The first-order valence-electron chi connectivity index (χ1n) is 3.82. The van der Waals surface area contributed by atoms with Gasteiger partial charge in [0.2, 0.25) is 0 Å². The van der Waals surface area contributed by atoms with Gasteiger partial charge in [-0.05, 0) is 6.07 Å². The third-order valence-corrected chi connectivity index (χ3v) is 1.77. The van der Waals surface area contributed by atoms with Crippen molar-refractivity contribution in [3.05, 3.63) is 42.9 Å². The molecule has 0 amide bonds. The van der Waals surface area contributed by atoms with E-state index >= 15 is 0 Å². The molecule has 3 nitrogen and oxygen atoms in total. The Hall–Kier alpha value is -1.64. The normalized spacial score (nSPS) is 10.1. The second-order valence-corrected chi connectivity index (χ2v) is 2.62. The van der Waals surface area contributed by atoms with Crippen molar-refractivity contribution in [3.8, 4) is 5.82 Å². The molecule has 0 atom stereocenters. The summed E-state index contributed by atoms with van der Waals surface area (Å²) >= 11 is 0. The quantitative estimate of drug-likeness (QED) is 0.563. The van der Waals surface area contributed by atoms with Gasteiger partial charge >= 0.3 is 5.82 Å². The van der Waals surface area contributed by atoms with Gasteiger partial charge in [-0.15, -0.1) is 4.68 Å². The lowest BCUT2D eigenvalue weighted by Gasteiger charge is -1.96. The van der Waals surface area contributed by atoms with E-state index in [1.165, 1.54) is 0 Å². The summed E-state index contributed by atoms with van der Waals surface area (Å²) in [7, 11) is 2.00. The van der Waals surface area contributed by atoms with Crippen molar-refractivity contribution in [2.75, 3.05) is 0 Å². The Kier molecular flexibility index (Phi) is 1.63. The highest BCUT2D eigenvalue weighted by Gasteiger charge is 2.06. The average molecular weight is 160 g/mol. The predicted octanol–water partition coefficient (Wildman–Crippen LogP) is 0.697.